The van der Waals surface area contributed by atoms with E-state index in [1.807, 2.05) is 0 Å². The fraction of sp³-hybridized carbons (Fsp3) is 0.0588. The van der Waals surface area contributed by atoms with Gasteiger partial charge in [-0.05, 0) is 30.3 Å². The SMILES string of the molecule is CS(=O)(=O)c1cccc(S(=O)(=O)n2cc(C=O)c(Cl)c2-c2cccnc2F)c1. The van der Waals surface area contributed by atoms with E-state index in [2.05, 4.69) is 4.98 Å². The summed E-state index contributed by atoms with van der Waals surface area (Å²) in [6.45, 7) is 0. The fourth-order valence-corrected chi connectivity index (χ4v) is 5.04. The van der Waals surface area contributed by atoms with Crippen LogP contribution in [0.4, 0.5) is 4.39 Å². The van der Waals surface area contributed by atoms with Crippen LogP contribution < -0.4 is 0 Å². The highest BCUT2D eigenvalue weighted by Gasteiger charge is 2.28. The van der Waals surface area contributed by atoms with Crippen molar-refractivity contribution in [1.82, 2.24) is 8.96 Å². The van der Waals surface area contributed by atoms with Gasteiger partial charge < -0.3 is 0 Å². The van der Waals surface area contributed by atoms with Crippen molar-refractivity contribution in [3.63, 3.8) is 0 Å². The zero-order valence-electron chi connectivity index (χ0n) is 14.2. The Bertz CT molecular complexity index is 1300. The summed E-state index contributed by atoms with van der Waals surface area (Å²) in [6, 6.07) is 7.31. The van der Waals surface area contributed by atoms with E-state index < -0.39 is 25.8 Å². The molecule has 0 amide bonds. The van der Waals surface area contributed by atoms with E-state index in [-0.39, 0.29) is 31.6 Å². The average molecular weight is 443 g/mol. The molecule has 7 nitrogen and oxygen atoms in total. The second-order valence-electron chi connectivity index (χ2n) is 5.75. The van der Waals surface area contributed by atoms with Crippen LogP contribution in [0.25, 0.3) is 11.3 Å². The van der Waals surface area contributed by atoms with E-state index in [9.17, 15) is 26.0 Å². The molecule has 0 atom stereocenters. The van der Waals surface area contributed by atoms with E-state index in [4.69, 9.17) is 11.6 Å². The topological polar surface area (TPSA) is 103 Å². The van der Waals surface area contributed by atoms with Crippen molar-refractivity contribution in [3.8, 4) is 11.3 Å². The van der Waals surface area contributed by atoms with Gasteiger partial charge in [-0.1, -0.05) is 17.7 Å². The molecule has 0 bridgehead atoms. The molecule has 11 heteroatoms. The number of carbonyl (C=O) groups excluding carboxylic acids is 1. The minimum Gasteiger partial charge on any atom is -0.298 e. The lowest BCUT2D eigenvalue weighted by molar-refractivity contribution is 0.112. The molecule has 0 radical (unpaired) electrons. The lowest BCUT2D eigenvalue weighted by Gasteiger charge is -2.12. The summed E-state index contributed by atoms with van der Waals surface area (Å²) in [7, 11) is -8.08. The van der Waals surface area contributed by atoms with Crippen molar-refractivity contribution in [2.24, 2.45) is 0 Å². The van der Waals surface area contributed by atoms with Crippen molar-refractivity contribution in [3.05, 3.63) is 65.3 Å². The first-order valence-corrected chi connectivity index (χ1v) is 11.3. The molecule has 0 spiro atoms. The van der Waals surface area contributed by atoms with Crippen LogP contribution in [0, 0.1) is 5.95 Å². The third kappa shape index (κ3) is 3.46. The Morgan fingerprint density at radius 3 is 2.39 bits per heavy atom. The van der Waals surface area contributed by atoms with Gasteiger partial charge in [0.05, 0.1) is 31.6 Å². The number of pyridine rings is 1. The van der Waals surface area contributed by atoms with Crippen molar-refractivity contribution in [2.45, 2.75) is 9.79 Å². The van der Waals surface area contributed by atoms with Gasteiger partial charge in [-0.2, -0.15) is 4.39 Å². The van der Waals surface area contributed by atoms with Crippen LogP contribution in [0.15, 0.2) is 58.6 Å². The number of benzene rings is 1. The van der Waals surface area contributed by atoms with Gasteiger partial charge in [-0.25, -0.2) is 25.8 Å². The second-order valence-corrected chi connectivity index (χ2v) is 9.96. The monoisotopic (exact) mass is 442 g/mol. The van der Waals surface area contributed by atoms with E-state index >= 15 is 0 Å². The van der Waals surface area contributed by atoms with Crippen molar-refractivity contribution < 1.29 is 26.0 Å². The number of rotatable bonds is 5. The first kappa shape index (κ1) is 20.2. The molecule has 3 aromatic rings. The summed E-state index contributed by atoms with van der Waals surface area (Å²) in [5.41, 5.74) is -0.703. The zero-order chi connectivity index (χ0) is 20.7. The van der Waals surface area contributed by atoms with Crippen LogP contribution >= 0.6 is 11.6 Å². The summed E-state index contributed by atoms with van der Waals surface area (Å²) in [4.78, 5) is 14.2. The third-order valence-electron chi connectivity index (χ3n) is 3.87. The molecular formula is C17H12ClFN2O5S2. The molecule has 3 rings (SSSR count). The zero-order valence-corrected chi connectivity index (χ0v) is 16.6. The smallest absolute Gasteiger partial charge is 0.268 e. The van der Waals surface area contributed by atoms with Crippen LogP contribution in [-0.4, -0.2) is 38.3 Å². The minimum atomic E-state index is -4.41. The normalized spacial score (nSPS) is 12.1. The van der Waals surface area contributed by atoms with Crippen LogP contribution in [0.2, 0.25) is 5.02 Å². The average Bonchev–Trinajstić information content (AvgIpc) is 2.98. The molecule has 0 aliphatic rings. The molecule has 0 saturated heterocycles. The molecular weight excluding hydrogens is 431 g/mol. The van der Waals surface area contributed by atoms with Crippen LogP contribution in [0.1, 0.15) is 10.4 Å². The molecule has 0 fully saturated rings. The Morgan fingerprint density at radius 2 is 1.79 bits per heavy atom. The number of nitrogens with zero attached hydrogens (tertiary/aromatic N) is 2. The minimum absolute atomic E-state index is 0.178. The fourth-order valence-electron chi connectivity index (χ4n) is 2.53. The maximum atomic E-state index is 14.2. The van der Waals surface area contributed by atoms with Crippen LogP contribution in [0.3, 0.4) is 0 Å². The van der Waals surface area contributed by atoms with Gasteiger partial charge >= 0.3 is 0 Å². The first-order valence-electron chi connectivity index (χ1n) is 7.60. The maximum absolute atomic E-state index is 14.2. The van der Waals surface area contributed by atoms with Crippen molar-refractivity contribution >= 4 is 37.7 Å². The quantitative estimate of drug-likeness (QED) is 0.444. The van der Waals surface area contributed by atoms with E-state index in [1.54, 1.807) is 0 Å². The number of halogens is 2. The van der Waals surface area contributed by atoms with Gasteiger partial charge in [0.2, 0.25) is 5.95 Å². The van der Waals surface area contributed by atoms with Gasteiger partial charge in [0, 0.05) is 18.6 Å². The van der Waals surface area contributed by atoms with Gasteiger partial charge in [0.1, 0.15) is 0 Å². The summed E-state index contributed by atoms with van der Waals surface area (Å²) in [5, 5.41) is -0.273. The number of carbonyl (C=O) groups is 1. The predicted molar refractivity (Wildman–Crippen MR) is 100 cm³/mol. The van der Waals surface area contributed by atoms with Gasteiger partial charge in [0.25, 0.3) is 10.0 Å². The maximum Gasteiger partial charge on any atom is 0.268 e. The molecule has 2 heterocycles. The largest absolute Gasteiger partial charge is 0.298 e. The van der Waals surface area contributed by atoms with Crippen molar-refractivity contribution in [2.75, 3.05) is 6.26 Å². The van der Waals surface area contributed by atoms with E-state index in [0.717, 1.165) is 18.5 Å². The third-order valence-corrected chi connectivity index (χ3v) is 7.03. The predicted octanol–water partition coefficient (Wildman–Crippen LogP) is 2.80. The summed E-state index contributed by atoms with van der Waals surface area (Å²) < 4.78 is 64.7. The molecule has 0 aliphatic heterocycles. The lowest BCUT2D eigenvalue weighted by atomic mass is 10.2. The number of hydrogen-bond donors (Lipinski definition) is 0. The van der Waals surface area contributed by atoms with Gasteiger partial charge in [-0.3, -0.25) is 4.79 Å². The number of aromatic nitrogens is 2. The van der Waals surface area contributed by atoms with Gasteiger partial charge in [-0.15, -0.1) is 0 Å². The molecule has 0 unspecified atom stereocenters. The second kappa shape index (κ2) is 7.12. The first-order chi connectivity index (χ1) is 13.1. The standard InChI is InChI=1S/C17H12ClFN2O5S2/c1-27(23,24)12-4-2-5-13(8-12)28(25,26)21-9-11(10-22)15(18)16(21)14-6-3-7-20-17(14)19/h2-10H,1H3. The summed E-state index contributed by atoms with van der Waals surface area (Å²) >= 11 is 6.13. The highest BCUT2D eigenvalue weighted by Crippen LogP contribution is 2.35. The van der Waals surface area contributed by atoms with Crippen LogP contribution in [0.5, 0.6) is 0 Å². The molecule has 0 N–H and O–H groups in total. The molecule has 28 heavy (non-hydrogen) atoms. The van der Waals surface area contributed by atoms with Gasteiger partial charge in [0.15, 0.2) is 16.1 Å². The van der Waals surface area contributed by atoms with E-state index in [1.165, 1.54) is 36.5 Å². The highest BCUT2D eigenvalue weighted by atomic mass is 35.5. The van der Waals surface area contributed by atoms with Crippen LogP contribution in [-0.2, 0) is 19.9 Å². The number of aldehydes is 1. The molecule has 0 saturated carbocycles. The Morgan fingerprint density at radius 1 is 1.11 bits per heavy atom. The highest BCUT2D eigenvalue weighted by molar-refractivity contribution is 7.91. The Hall–Kier alpha value is -2.56. The summed E-state index contributed by atoms with van der Waals surface area (Å²) in [6.07, 6.45) is 3.38. The lowest BCUT2D eigenvalue weighted by Crippen LogP contribution is -2.14. The van der Waals surface area contributed by atoms with E-state index in [0.29, 0.717) is 10.3 Å². The molecule has 1 aromatic carbocycles. The molecule has 0 aliphatic carbocycles. The van der Waals surface area contributed by atoms with Crippen molar-refractivity contribution in [1.29, 1.82) is 0 Å². The Labute approximate surface area is 165 Å². The summed E-state index contributed by atoms with van der Waals surface area (Å²) in [5.74, 6) is -0.985. The number of hydrogen-bond acceptors (Lipinski definition) is 6. The Kier molecular flexibility index (Phi) is 5.13. The number of sulfone groups is 1. The Balaban J connectivity index is 2.33. The molecule has 2 aromatic heterocycles. The molecule has 146 valence electrons.